The molecule has 19 heavy (non-hydrogen) atoms. The van der Waals surface area contributed by atoms with Gasteiger partial charge in [0.1, 0.15) is 5.82 Å². The molecule has 1 unspecified atom stereocenters. The number of carbonyl (C=O) groups excluding carboxylic acids is 1. The number of nitrogens with one attached hydrogen (secondary N) is 1. The fourth-order valence-electron chi connectivity index (χ4n) is 1.36. The van der Waals surface area contributed by atoms with Crippen molar-refractivity contribution in [1.29, 1.82) is 0 Å². The second kappa shape index (κ2) is 6.33. The van der Waals surface area contributed by atoms with E-state index < -0.39 is 24.0 Å². The molecule has 0 saturated heterocycles. The summed E-state index contributed by atoms with van der Waals surface area (Å²) in [6, 6.07) is 3.70. The summed E-state index contributed by atoms with van der Waals surface area (Å²) in [4.78, 5) is 10.5. The Bertz CT molecular complexity index is 444. The van der Waals surface area contributed by atoms with E-state index in [9.17, 15) is 27.5 Å². The molecule has 0 heterocycles. The molecule has 0 saturated carbocycles. The van der Waals surface area contributed by atoms with Gasteiger partial charge in [-0.25, -0.2) is 4.39 Å². The second-order valence-corrected chi connectivity index (χ2v) is 4.68. The number of amides is 1. The Kier molecular flexibility index (Phi) is 5.30. The van der Waals surface area contributed by atoms with Crippen molar-refractivity contribution in [2.75, 3.05) is 6.54 Å². The Morgan fingerprint density at radius 2 is 2.00 bits per heavy atom. The highest BCUT2D eigenvalue weighted by molar-refractivity contribution is 9.10. The number of aliphatic hydroxyl groups excluding tert-OH is 1. The lowest BCUT2D eigenvalue weighted by Gasteiger charge is -2.13. The molecule has 2 N–H and O–H groups in total. The largest absolute Gasteiger partial charge is 0.471 e. The summed E-state index contributed by atoms with van der Waals surface area (Å²) in [5.41, 5.74) is 0.216. The van der Waals surface area contributed by atoms with E-state index in [4.69, 9.17) is 0 Å². The highest BCUT2D eigenvalue weighted by atomic mass is 79.9. The summed E-state index contributed by atoms with van der Waals surface area (Å²) in [6.45, 7) is -0.367. The van der Waals surface area contributed by atoms with Crippen molar-refractivity contribution in [2.24, 2.45) is 0 Å². The number of alkyl halides is 3. The van der Waals surface area contributed by atoms with Crippen LogP contribution in [0.15, 0.2) is 22.7 Å². The van der Waals surface area contributed by atoms with Gasteiger partial charge in [0.05, 0.1) is 6.10 Å². The minimum absolute atomic E-state index is 0.155. The zero-order chi connectivity index (χ0) is 14.6. The zero-order valence-corrected chi connectivity index (χ0v) is 11.1. The van der Waals surface area contributed by atoms with Gasteiger partial charge in [-0.2, -0.15) is 13.2 Å². The van der Waals surface area contributed by atoms with Crippen LogP contribution in [0.4, 0.5) is 17.6 Å². The number of aliphatic hydroxyl groups is 1. The topological polar surface area (TPSA) is 49.3 Å². The van der Waals surface area contributed by atoms with Gasteiger partial charge in [-0.15, -0.1) is 0 Å². The predicted molar refractivity (Wildman–Crippen MR) is 62.7 cm³/mol. The predicted octanol–water partition coefficient (Wildman–Crippen LogP) is 2.69. The standard InChI is InChI=1S/C11H10BrF4NO2/c12-7-3-6(4-8(13)5-7)9(18)1-2-17-10(19)11(14,15)16/h3-5,9,18H,1-2H2,(H,17,19). The fourth-order valence-corrected chi connectivity index (χ4v) is 1.84. The van der Waals surface area contributed by atoms with Crippen LogP contribution in [0.2, 0.25) is 0 Å². The van der Waals surface area contributed by atoms with Crippen LogP contribution in [0, 0.1) is 5.82 Å². The van der Waals surface area contributed by atoms with Gasteiger partial charge in [0.2, 0.25) is 0 Å². The van der Waals surface area contributed by atoms with Crippen LogP contribution >= 0.6 is 15.9 Å². The molecule has 0 bridgehead atoms. The summed E-state index contributed by atoms with van der Waals surface area (Å²) in [7, 11) is 0. The van der Waals surface area contributed by atoms with Gasteiger partial charge in [0.25, 0.3) is 0 Å². The lowest BCUT2D eigenvalue weighted by molar-refractivity contribution is -0.173. The van der Waals surface area contributed by atoms with Crippen molar-refractivity contribution >= 4 is 21.8 Å². The number of carbonyl (C=O) groups is 1. The Hall–Kier alpha value is -1.15. The Balaban J connectivity index is 2.52. The van der Waals surface area contributed by atoms with Crippen molar-refractivity contribution in [1.82, 2.24) is 5.32 Å². The van der Waals surface area contributed by atoms with E-state index in [0.717, 1.165) is 6.07 Å². The maximum Gasteiger partial charge on any atom is 0.471 e. The highest BCUT2D eigenvalue weighted by Gasteiger charge is 2.38. The van der Waals surface area contributed by atoms with Crippen molar-refractivity contribution in [3.05, 3.63) is 34.1 Å². The summed E-state index contributed by atoms with van der Waals surface area (Å²) >= 11 is 3.03. The number of hydrogen-bond donors (Lipinski definition) is 2. The number of hydrogen-bond acceptors (Lipinski definition) is 2. The first-order chi connectivity index (χ1) is 8.70. The molecule has 1 amide bonds. The van der Waals surface area contributed by atoms with Gasteiger partial charge in [-0.1, -0.05) is 15.9 Å². The third-order valence-corrected chi connectivity index (χ3v) is 2.69. The van der Waals surface area contributed by atoms with E-state index in [2.05, 4.69) is 15.9 Å². The third kappa shape index (κ3) is 5.15. The molecule has 0 aliphatic rings. The molecule has 0 aliphatic carbocycles. The lowest BCUT2D eigenvalue weighted by Crippen LogP contribution is -2.37. The summed E-state index contributed by atoms with van der Waals surface area (Å²) < 4.78 is 49.1. The van der Waals surface area contributed by atoms with E-state index in [1.165, 1.54) is 12.1 Å². The lowest BCUT2D eigenvalue weighted by atomic mass is 10.1. The average Bonchev–Trinajstić information content (AvgIpc) is 2.26. The van der Waals surface area contributed by atoms with Crippen LogP contribution in [0.1, 0.15) is 18.1 Å². The molecule has 0 spiro atoms. The van der Waals surface area contributed by atoms with Gasteiger partial charge in [0, 0.05) is 11.0 Å². The number of halogens is 5. The smallest absolute Gasteiger partial charge is 0.388 e. The van der Waals surface area contributed by atoms with Crippen LogP contribution in [-0.4, -0.2) is 23.7 Å². The monoisotopic (exact) mass is 343 g/mol. The summed E-state index contributed by atoms with van der Waals surface area (Å²) in [6.07, 6.45) is -6.27. The SMILES string of the molecule is O=C(NCCC(O)c1cc(F)cc(Br)c1)C(F)(F)F. The molecule has 1 atom stereocenters. The molecule has 1 rings (SSSR count). The van der Waals surface area contributed by atoms with E-state index in [0.29, 0.717) is 4.47 Å². The van der Waals surface area contributed by atoms with Crippen LogP contribution < -0.4 is 5.32 Å². The van der Waals surface area contributed by atoms with Gasteiger partial charge in [-0.3, -0.25) is 4.79 Å². The zero-order valence-electron chi connectivity index (χ0n) is 9.47. The molecule has 1 aromatic carbocycles. The first-order valence-electron chi connectivity index (χ1n) is 5.19. The molecule has 0 aliphatic heterocycles. The van der Waals surface area contributed by atoms with Crippen LogP contribution in [-0.2, 0) is 4.79 Å². The maximum atomic E-state index is 13.0. The minimum Gasteiger partial charge on any atom is -0.388 e. The van der Waals surface area contributed by atoms with Crippen molar-refractivity contribution in [3.63, 3.8) is 0 Å². The molecule has 8 heteroatoms. The second-order valence-electron chi connectivity index (χ2n) is 3.76. The molecular formula is C11H10BrF4NO2. The molecule has 0 aromatic heterocycles. The average molecular weight is 344 g/mol. The van der Waals surface area contributed by atoms with E-state index >= 15 is 0 Å². The molecule has 3 nitrogen and oxygen atoms in total. The van der Waals surface area contributed by atoms with Crippen LogP contribution in [0.25, 0.3) is 0 Å². The van der Waals surface area contributed by atoms with E-state index in [1.54, 1.807) is 5.32 Å². The first-order valence-corrected chi connectivity index (χ1v) is 5.98. The molecule has 106 valence electrons. The Labute approximate surface area is 114 Å². The Morgan fingerprint density at radius 1 is 1.37 bits per heavy atom. The third-order valence-electron chi connectivity index (χ3n) is 2.23. The van der Waals surface area contributed by atoms with Gasteiger partial charge < -0.3 is 10.4 Å². The van der Waals surface area contributed by atoms with Crippen LogP contribution in [0.3, 0.4) is 0 Å². The highest BCUT2D eigenvalue weighted by Crippen LogP contribution is 2.22. The number of benzene rings is 1. The first kappa shape index (κ1) is 15.9. The minimum atomic E-state index is -4.95. The summed E-state index contributed by atoms with van der Waals surface area (Å²) in [5.74, 6) is -2.65. The quantitative estimate of drug-likeness (QED) is 0.826. The van der Waals surface area contributed by atoms with Crippen LogP contribution in [0.5, 0.6) is 0 Å². The van der Waals surface area contributed by atoms with E-state index in [-0.39, 0.29) is 18.5 Å². The van der Waals surface area contributed by atoms with Gasteiger partial charge in [-0.05, 0) is 30.2 Å². The van der Waals surface area contributed by atoms with Gasteiger partial charge in [0.15, 0.2) is 0 Å². The Morgan fingerprint density at radius 3 is 2.53 bits per heavy atom. The van der Waals surface area contributed by atoms with Gasteiger partial charge >= 0.3 is 12.1 Å². The molecule has 1 aromatic rings. The normalized spacial score (nSPS) is 13.2. The number of rotatable bonds is 4. The fraction of sp³-hybridized carbons (Fsp3) is 0.364. The molecular weight excluding hydrogens is 334 g/mol. The molecule has 0 fully saturated rings. The maximum absolute atomic E-state index is 13.0. The van der Waals surface area contributed by atoms with Crippen molar-refractivity contribution < 1.29 is 27.5 Å². The summed E-state index contributed by atoms with van der Waals surface area (Å²) in [5, 5.41) is 11.3. The van der Waals surface area contributed by atoms with Crippen molar-refractivity contribution in [3.8, 4) is 0 Å². The van der Waals surface area contributed by atoms with Crippen molar-refractivity contribution in [2.45, 2.75) is 18.7 Å². The van der Waals surface area contributed by atoms with E-state index in [1.807, 2.05) is 0 Å². The molecule has 0 radical (unpaired) electrons.